The molecule has 104 valence electrons. The Balaban J connectivity index is 1.70. The normalized spacial score (nSPS) is 14.5. The van der Waals surface area contributed by atoms with Crippen molar-refractivity contribution in [2.75, 3.05) is 0 Å². The number of hydrogen-bond donors (Lipinski definition) is 1. The lowest BCUT2D eigenvalue weighted by atomic mass is 10.0. The van der Waals surface area contributed by atoms with Crippen LogP contribution in [0.2, 0.25) is 0 Å². The third-order valence-electron chi connectivity index (χ3n) is 3.56. The van der Waals surface area contributed by atoms with Gasteiger partial charge in [0.05, 0.1) is 5.69 Å². The first-order chi connectivity index (χ1) is 9.69. The van der Waals surface area contributed by atoms with Gasteiger partial charge < -0.3 is 5.32 Å². The van der Waals surface area contributed by atoms with Crippen LogP contribution in [0.1, 0.15) is 41.1 Å². The van der Waals surface area contributed by atoms with Gasteiger partial charge in [-0.15, -0.1) is 0 Å². The Morgan fingerprint density at radius 3 is 2.60 bits per heavy atom. The molecule has 1 aliphatic carbocycles. The van der Waals surface area contributed by atoms with Gasteiger partial charge in [0, 0.05) is 25.2 Å². The Labute approximate surface area is 120 Å². The predicted molar refractivity (Wildman–Crippen MR) is 80.6 cm³/mol. The van der Waals surface area contributed by atoms with E-state index in [0.717, 1.165) is 24.5 Å². The molecule has 0 unspecified atom stereocenters. The lowest BCUT2D eigenvalue weighted by Crippen LogP contribution is -2.16. The van der Waals surface area contributed by atoms with E-state index < -0.39 is 0 Å². The third-order valence-corrected chi connectivity index (χ3v) is 3.56. The van der Waals surface area contributed by atoms with Crippen molar-refractivity contribution in [1.29, 1.82) is 0 Å². The molecule has 0 saturated heterocycles. The van der Waals surface area contributed by atoms with E-state index in [0.29, 0.717) is 6.04 Å². The van der Waals surface area contributed by atoms with Gasteiger partial charge in [-0.05, 0) is 38.3 Å². The van der Waals surface area contributed by atoms with Crippen molar-refractivity contribution in [3.8, 4) is 0 Å². The minimum atomic E-state index is 0.716. The van der Waals surface area contributed by atoms with Crippen LogP contribution in [0.15, 0.2) is 30.5 Å². The minimum Gasteiger partial charge on any atom is -0.308 e. The summed E-state index contributed by atoms with van der Waals surface area (Å²) in [7, 11) is 0. The van der Waals surface area contributed by atoms with Crippen molar-refractivity contribution in [2.45, 2.75) is 45.7 Å². The van der Waals surface area contributed by atoms with Crippen LogP contribution in [0, 0.1) is 13.8 Å². The highest BCUT2D eigenvalue weighted by atomic mass is 15.0. The molecule has 0 aliphatic heterocycles. The standard InChI is InChI=1S/C17H21N3/c1-12-7-13(2)9-14(8-12)10-17-18-6-5-16(20-17)11-19-15-3-4-15/h5-9,15,19H,3-4,10-11H2,1-2H3. The number of aromatic nitrogens is 2. The summed E-state index contributed by atoms with van der Waals surface area (Å²) in [5, 5.41) is 3.49. The molecule has 3 nitrogen and oxygen atoms in total. The topological polar surface area (TPSA) is 37.8 Å². The first-order valence-electron chi connectivity index (χ1n) is 7.30. The second-order valence-electron chi connectivity index (χ2n) is 5.79. The molecule has 0 amide bonds. The number of nitrogens with one attached hydrogen (secondary N) is 1. The van der Waals surface area contributed by atoms with E-state index in [9.17, 15) is 0 Å². The van der Waals surface area contributed by atoms with Crippen LogP contribution in [-0.4, -0.2) is 16.0 Å². The SMILES string of the molecule is Cc1cc(C)cc(Cc2nccc(CNC3CC3)n2)c1. The number of aryl methyl sites for hydroxylation is 2. The first kappa shape index (κ1) is 13.3. The maximum Gasteiger partial charge on any atom is 0.132 e. The Morgan fingerprint density at radius 2 is 1.90 bits per heavy atom. The molecule has 1 N–H and O–H groups in total. The summed E-state index contributed by atoms with van der Waals surface area (Å²) in [6.45, 7) is 5.12. The zero-order valence-electron chi connectivity index (χ0n) is 12.2. The van der Waals surface area contributed by atoms with Crippen LogP contribution < -0.4 is 5.32 Å². The van der Waals surface area contributed by atoms with E-state index in [1.165, 1.54) is 29.5 Å². The lowest BCUT2D eigenvalue weighted by Gasteiger charge is -2.06. The largest absolute Gasteiger partial charge is 0.308 e. The molecule has 0 radical (unpaired) electrons. The molecule has 1 heterocycles. The van der Waals surface area contributed by atoms with Crippen molar-refractivity contribution in [1.82, 2.24) is 15.3 Å². The Bertz CT molecular complexity index is 583. The van der Waals surface area contributed by atoms with Crippen LogP contribution in [0.5, 0.6) is 0 Å². The van der Waals surface area contributed by atoms with E-state index in [1.54, 1.807) is 0 Å². The second-order valence-corrected chi connectivity index (χ2v) is 5.79. The zero-order valence-corrected chi connectivity index (χ0v) is 12.2. The quantitative estimate of drug-likeness (QED) is 0.905. The van der Waals surface area contributed by atoms with Crippen molar-refractivity contribution in [3.63, 3.8) is 0 Å². The van der Waals surface area contributed by atoms with Crippen molar-refractivity contribution >= 4 is 0 Å². The molecule has 0 spiro atoms. The van der Waals surface area contributed by atoms with E-state index in [4.69, 9.17) is 0 Å². The number of hydrogen-bond acceptors (Lipinski definition) is 3. The van der Waals surface area contributed by atoms with E-state index in [-0.39, 0.29) is 0 Å². The minimum absolute atomic E-state index is 0.716. The zero-order chi connectivity index (χ0) is 13.9. The summed E-state index contributed by atoms with van der Waals surface area (Å²) >= 11 is 0. The van der Waals surface area contributed by atoms with Crippen LogP contribution in [0.25, 0.3) is 0 Å². The summed E-state index contributed by atoms with van der Waals surface area (Å²) in [4.78, 5) is 9.05. The molecule has 0 bridgehead atoms. The van der Waals surface area contributed by atoms with Crippen molar-refractivity contribution < 1.29 is 0 Å². The van der Waals surface area contributed by atoms with Crippen molar-refractivity contribution in [2.24, 2.45) is 0 Å². The highest BCUT2D eigenvalue weighted by Crippen LogP contribution is 2.19. The molecule has 0 atom stereocenters. The molecule has 1 aromatic heterocycles. The molecule has 3 heteroatoms. The molecule has 1 saturated carbocycles. The molecule has 1 aliphatic rings. The van der Waals surface area contributed by atoms with Gasteiger partial charge in [0.1, 0.15) is 5.82 Å². The molecule has 2 aromatic rings. The van der Waals surface area contributed by atoms with Gasteiger partial charge >= 0.3 is 0 Å². The summed E-state index contributed by atoms with van der Waals surface area (Å²) in [6.07, 6.45) is 5.29. The summed E-state index contributed by atoms with van der Waals surface area (Å²) in [6, 6.07) is 9.34. The number of benzene rings is 1. The maximum absolute atomic E-state index is 4.65. The summed E-state index contributed by atoms with van der Waals surface area (Å²) in [5.41, 5.74) is 4.97. The van der Waals surface area contributed by atoms with Crippen LogP contribution >= 0.6 is 0 Å². The van der Waals surface area contributed by atoms with Gasteiger partial charge in [0.25, 0.3) is 0 Å². The maximum atomic E-state index is 4.65. The fraction of sp³-hybridized carbons (Fsp3) is 0.412. The van der Waals surface area contributed by atoms with Gasteiger partial charge in [-0.3, -0.25) is 0 Å². The third kappa shape index (κ3) is 3.64. The fourth-order valence-electron chi connectivity index (χ4n) is 2.51. The average Bonchev–Trinajstić information content (AvgIpc) is 3.19. The molecule has 1 fully saturated rings. The highest BCUT2D eigenvalue weighted by Gasteiger charge is 2.20. The number of nitrogens with zero attached hydrogens (tertiary/aromatic N) is 2. The molecular formula is C17H21N3. The Hall–Kier alpha value is -1.74. The monoisotopic (exact) mass is 267 g/mol. The van der Waals surface area contributed by atoms with Crippen LogP contribution in [0.4, 0.5) is 0 Å². The molecular weight excluding hydrogens is 246 g/mol. The predicted octanol–water partition coefficient (Wildman–Crippen LogP) is 2.94. The molecule has 20 heavy (non-hydrogen) atoms. The number of rotatable bonds is 5. The summed E-state index contributed by atoms with van der Waals surface area (Å²) < 4.78 is 0. The molecule has 1 aromatic carbocycles. The van der Waals surface area contributed by atoms with Crippen LogP contribution in [-0.2, 0) is 13.0 Å². The first-order valence-corrected chi connectivity index (χ1v) is 7.30. The Kier molecular flexibility index (Phi) is 3.79. The Morgan fingerprint density at radius 1 is 1.15 bits per heavy atom. The smallest absolute Gasteiger partial charge is 0.132 e. The lowest BCUT2D eigenvalue weighted by molar-refractivity contribution is 0.668. The van der Waals surface area contributed by atoms with Gasteiger partial charge in [0.2, 0.25) is 0 Å². The van der Waals surface area contributed by atoms with Crippen LogP contribution in [0.3, 0.4) is 0 Å². The van der Waals surface area contributed by atoms with E-state index >= 15 is 0 Å². The van der Waals surface area contributed by atoms with Gasteiger partial charge in [0.15, 0.2) is 0 Å². The average molecular weight is 267 g/mol. The second kappa shape index (κ2) is 5.71. The van der Waals surface area contributed by atoms with Crippen molar-refractivity contribution in [3.05, 3.63) is 58.7 Å². The van der Waals surface area contributed by atoms with Gasteiger partial charge in [-0.25, -0.2) is 9.97 Å². The van der Waals surface area contributed by atoms with Gasteiger partial charge in [-0.1, -0.05) is 29.3 Å². The highest BCUT2D eigenvalue weighted by molar-refractivity contribution is 5.30. The van der Waals surface area contributed by atoms with Gasteiger partial charge in [-0.2, -0.15) is 0 Å². The molecule has 3 rings (SSSR count). The van der Waals surface area contributed by atoms with E-state index in [1.807, 2.05) is 12.3 Å². The van der Waals surface area contributed by atoms with E-state index in [2.05, 4.69) is 47.3 Å². The summed E-state index contributed by atoms with van der Waals surface area (Å²) in [5.74, 6) is 0.907. The fourth-order valence-corrected chi connectivity index (χ4v) is 2.51.